The van der Waals surface area contributed by atoms with Gasteiger partial charge in [0.05, 0.1) is 31.2 Å². The molecule has 1 aromatic heterocycles. The Morgan fingerprint density at radius 2 is 1.97 bits per heavy atom. The van der Waals surface area contributed by atoms with Gasteiger partial charge in [-0.2, -0.15) is 0 Å². The molecule has 0 spiro atoms. The van der Waals surface area contributed by atoms with Gasteiger partial charge in [0.25, 0.3) is 11.5 Å². The molecule has 0 unspecified atom stereocenters. The molecule has 4 rings (SSSR count). The first kappa shape index (κ1) is 18.8. The lowest BCUT2D eigenvalue weighted by Gasteiger charge is -2.34. The minimum Gasteiger partial charge on any atom is -0.373 e. The number of hydrogen-bond donors (Lipinski definition) is 1. The van der Waals surface area contributed by atoms with Gasteiger partial charge in [-0.25, -0.2) is 13.6 Å². The first-order valence-corrected chi connectivity index (χ1v) is 8.77. The molecule has 0 bridgehead atoms. The predicted molar refractivity (Wildman–Crippen MR) is 102 cm³/mol. The van der Waals surface area contributed by atoms with Crippen molar-refractivity contribution in [1.29, 1.82) is 0 Å². The van der Waals surface area contributed by atoms with E-state index in [1.807, 2.05) is 0 Å². The van der Waals surface area contributed by atoms with Crippen LogP contribution in [0.1, 0.15) is 27.7 Å². The second-order valence-corrected chi connectivity index (χ2v) is 6.77. The van der Waals surface area contributed by atoms with Gasteiger partial charge in [-0.3, -0.25) is 9.59 Å². The number of nitrogens with one attached hydrogen (secondary N) is 1. The number of halogens is 2. The van der Waals surface area contributed by atoms with Crippen molar-refractivity contribution in [3.05, 3.63) is 86.6 Å². The Morgan fingerprint density at radius 3 is 2.69 bits per heavy atom. The van der Waals surface area contributed by atoms with Crippen molar-refractivity contribution >= 4 is 22.4 Å². The monoisotopic (exact) mass is 395 g/mol. The fourth-order valence-electron chi connectivity index (χ4n) is 3.60. The first-order valence-electron chi connectivity index (χ1n) is 8.77. The zero-order valence-corrected chi connectivity index (χ0v) is 15.3. The van der Waals surface area contributed by atoms with E-state index in [-0.39, 0.29) is 29.9 Å². The molecule has 1 amide bonds. The molecule has 2 heterocycles. The van der Waals surface area contributed by atoms with Crippen LogP contribution in [0, 0.1) is 18.2 Å². The molecule has 0 saturated carbocycles. The van der Waals surface area contributed by atoms with E-state index >= 15 is 0 Å². The molecule has 0 radical (unpaired) electrons. The molecule has 1 atom stereocenters. The predicted octanol–water partition coefficient (Wildman–Crippen LogP) is 3.70. The first-order chi connectivity index (χ1) is 13.9. The summed E-state index contributed by atoms with van der Waals surface area (Å²) in [4.78, 5) is 32.7. The van der Waals surface area contributed by atoms with Gasteiger partial charge in [-0.05, 0) is 23.6 Å². The van der Waals surface area contributed by atoms with Crippen LogP contribution in [-0.4, -0.2) is 29.4 Å². The molecule has 1 N–H and O–H groups in total. The lowest BCUT2D eigenvalue weighted by atomic mass is 9.95. The third-order valence-electron chi connectivity index (χ3n) is 5.05. The summed E-state index contributed by atoms with van der Waals surface area (Å²) in [6.07, 6.45) is 0. The fourth-order valence-corrected chi connectivity index (χ4v) is 3.60. The number of ether oxygens (including phenoxy) is 1. The number of H-pyrrole nitrogens is 1. The second kappa shape index (κ2) is 7.11. The zero-order chi connectivity index (χ0) is 20.7. The van der Waals surface area contributed by atoms with Gasteiger partial charge in [0.2, 0.25) is 0 Å². The summed E-state index contributed by atoms with van der Waals surface area (Å²) >= 11 is 0. The van der Waals surface area contributed by atoms with Gasteiger partial charge in [-0.15, -0.1) is 0 Å². The highest BCUT2D eigenvalue weighted by Crippen LogP contribution is 2.34. The summed E-state index contributed by atoms with van der Waals surface area (Å²) in [6, 6.07) is 7.50. The Morgan fingerprint density at radius 1 is 1.24 bits per heavy atom. The normalized spacial score (nSPS) is 15.6. The molecule has 146 valence electrons. The number of carbonyl (C=O) groups excluding carboxylic acids is 1. The SMILES string of the molecule is [C-]#[N+]c1cccc(C(=O)N(C)[C@@H]2COCc3[nH]c(=O)c4cc(F)c(F)cc4c32)c1. The molecular formula is C21H15F2N3O3. The molecule has 0 fully saturated rings. The average molecular weight is 395 g/mol. The molecule has 1 aliphatic heterocycles. The third kappa shape index (κ3) is 3.15. The number of hydrogen-bond acceptors (Lipinski definition) is 3. The molecule has 2 aromatic carbocycles. The highest BCUT2D eigenvalue weighted by atomic mass is 19.2. The van der Waals surface area contributed by atoms with E-state index in [0.717, 1.165) is 12.1 Å². The van der Waals surface area contributed by atoms with E-state index in [2.05, 4.69) is 9.83 Å². The fraction of sp³-hybridized carbons (Fsp3) is 0.190. The van der Waals surface area contributed by atoms with Crippen molar-refractivity contribution < 1.29 is 18.3 Å². The molecule has 0 aliphatic carbocycles. The molecule has 1 aliphatic rings. The Bertz CT molecular complexity index is 1250. The Hall–Kier alpha value is -3.57. The van der Waals surface area contributed by atoms with E-state index in [4.69, 9.17) is 11.3 Å². The van der Waals surface area contributed by atoms with Crippen LogP contribution in [0.5, 0.6) is 0 Å². The number of pyridine rings is 1. The van der Waals surface area contributed by atoms with Crippen molar-refractivity contribution in [2.24, 2.45) is 0 Å². The average Bonchev–Trinajstić information content (AvgIpc) is 2.73. The number of amides is 1. The summed E-state index contributed by atoms with van der Waals surface area (Å²) in [5, 5.41) is 0.246. The number of aromatic amines is 1. The van der Waals surface area contributed by atoms with E-state index in [1.165, 1.54) is 11.0 Å². The number of benzene rings is 2. The van der Waals surface area contributed by atoms with Crippen LogP contribution in [0.3, 0.4) is 0 Å². The zero-order valence-electron chi connectivity index (χ0n) is 15.3. The van der Waals surface area contributed by atoms with Crippen LogP contribution in [0.25, 0.3) is 15.6 Å². The molecule has 8 heteroatoms. The van der Waals surface area contributed by atoms with Gasteiger partial charge < -0.3 is 14.6 Å². The molecule has 3 aromatic rings. The maximum atomic E-state index is 14.0. The van der Waals surface area contributed by atoms with Crippen LogP contribution in [0.15, 0.2) is 41.2 Å². The van der Waals surface area contributed by atoms with Crippen molar-refractivity contribution in [1.82, 2.24) is 9.88 Å². The topological polar surface area (TPSA) is 66.8 Å². The van der Waals surface area contributed by atoms with Crippen LogP contribution >= 0.6 is 0 Å². The van der Waals surface area contributed by atoms with Crippen molar-refractivity contribution in [2.75, 3.05) is 13.7 Å². The van der Waals surface area contributed by atoms with E-state index in [9.17, 15) is 18.4 Å². The van der Waals surface area contributed by atoms with Crippen LogP contribution < -0.4 is 5.56 Å². The van der Waals surface area contributed by atoms with Gasteiger partial charge in [0.1, 0.15) is 0 Å². The van der Waals surface area contributed by atoms with Gasteiger partial charge in [0.15, 0.2) is 17.3 Å². The summed E-state index contributed by atoms with van der Waals surface area (Å²) in [6.45, 7) is 7.32. The van der Waals surface area contributed by atoms with Crippen LogP contribution in [0.2, 0.25) is 0 Å². The number of rotatable bonds is 2. The van der Waals surface area contributed by atoms with Crippen LogP contribution in [0.4, 0.5) is 14.5 Å². The second-order valence-electron chi connectivity index (χ2n) is 6.77. The molecule has 0 saturated heterocycles. The van der Waals surface area contributed by atoms with Gasteiger partial charge in [-0.1, -0.05) is 18.2 Å². The van der Waals surface area contributed by atoms with Crippen molar-refractivity contribution in [2.45, 2.75) is 12.6 Å². The van der Waals surface area contributed by atoms with Gasteiger partial charge >= 0.3 is 0 Å². The Balaban J connectivity index is 1.85. The minimum atomic E-state index is -1.12. The lowest BCUT2D eigenvalue weighted by molar-refractivity contribution is 0.0335. The highest BCUT2D eigenvalue weighted by Gasteiger charge is 2.31. The van der Waals surface area contributed by atoms with E-state index < -0.39 is 23.2 Å². The lowest BCUT2D eigenvalue weighted by Crippen LogP contribution is -2.37. The number of likely N-dealkylation sites (N-methyl/N-ethyl adjacent to an activating group) is 1. The quantitative estimate of drug-likeness (QED) is 0.673. The number of nitrogens with zero attached hydrogens (tertiary/aromatic N) is 2. The molecular weight excluding hydrogens is 380 g/mol. The van der Waals surface area contributed by atoms with Crippen molar-refractivity contribution in [3.8, 4) is 0 Å². The van der Waals surface area contributed by atoms with Crippen molar-refractivity contribution in [3.63, 3.8) is 0 Å². The van der Waals surface area contributed by atoms with E-state index in [1.54, 1.807) is 25.2 Å². The van der Waals surface area contributed by atoms with Gasteiger partial charge in [0, 0.05) is 23.9 Å². The van der Waals surface area contributed by atoms with E-state index in [0.29, 0.717) is 22.5 Å². The molecule has 29 heavy (non-hydrogen) atoms. The summed E-state index contributed by atoms with van der Waals surface area (Å²) < 4.78 is 33.2. The molecule has 6 nitrogen and oxygen atoms in total. The largest absolute Gasteiger partial charge is 0.373 e. The number of carbonyl (C=O) groups is 1. The maximum Gasteiger partial charge on any atom is 0.256 e. The van der Waals surface area contributed by atoms with Crippen LogP contribution in [-0.2, 0) is 11.3 Å². The Kier molecular flexibility index (Phi) is 4.60. The number of aromatic nitrogens is 1. The highest BCUT2D eigenvalue weighted by molar-refractivity contribution is 5.96. The minimum absolute atomic E-state index is 0.00500. The third-order valence-corrected chi connectivity index (χ3v) is 5.05. The Labute approximate surface area is 164 Å². The maximum absolute atomic E-state index is 14.0. The standard InChI is InChI=1S/C21H15F2N3O3/c1-24-12-5-3-4-11(6-12)21(28)26(2)18-10-29-9-17-19(18)13-7-15(22)16(23)8-14(13)20(27)25-17/h3-8,18H,9-10H2,2H3,(H,25,27)/t18-/m1/s1. The summed E-state index contributed by atoms with van der Waals surface area (Å²) in [5.41, 5.74) is 1.03. The summed E-state index contributed by atoms with van der Waals surface area (Å²) in [5.74, 6) is -2.56. The number of fused-ring (bicyclic) bond motifs is 3. The summed E-state index contributed by atoms with van der Waals surface area (Å²) in [7, 11) is 1.56. The smallest absolute Gasteiger partial charge is 0.256 e.